The molecule has 132 valence electrons. The van der Waals surface area contributed by atoms with Gasteiger partial charge in [0.05, 0.1) is 10.3 Å². The Morgan fingerprint density at radius 1 is 1.12 bits per heavy atom. The van der Waals surface area contributed by atoms with E-state index in [9.17, 15) is 17.6 Å². The zero-order chi connectivity index (χ0) is 18.4. The van der Waals surface area contributed by atoms with Gasteiger partial charge in [0.15, 0.2) is 0 Å². The van der Waals surface area contributed by atoms with Crippen LogP contribution in [0.3, 0.4) is 0 Å². The maximum Gasteiger partial charge on any atom is 0.240 e. The summed E-state index contributed by atoms with van der Waals surface area (Å²) in [7, 11) is -2.07. The van der Waals surface area contributed by atoms with E-state index in [-0.39, 0.29) is 23.2 Å². The van der Waals surface area contributed by atoms with E-state index in [0.717, 1.165) is 0 Å². The summed E-state index contributed by atoms with van der Waals surface area (Å²) >= 11 is 0. The number of halogens is 1. The molecule has 3 rings (SSSR count). The number of likely N-dealkylation sites (N-methyl/N-ethyl adjacent to an activating group) is 1. The zero-order valence-corrected chi connectivity index (χ0v) is 15.0. The third kappa shape index (κ3) is 3.05. The predicted molar refractivity (Wildman–Crippen MR) is 93.3 cm³/mol. The van der Waals surface area contributed by atoms with Crippen molar-refractivity contribution >= 4 is 21.6 Å². The predicted octanol–water partition coefficient (Wildman–Crippen LogP) is 2.56. The molecule has 0 spiro atoms. The number of hydrogen-bond acceptors (Lipinski definition) is 3. The fourth-order valence-electron chi connectivity index (χ4n) is 2.98. The molecule has 2 aromatic rings. The molecule has 1 N–H and O–H groups in total. The number of carbonyl (C=O) groups excluding carboxylic acids is 1. The molecule has 2 aromatic carbocycles. The Hall–Kier alpha value is -2.25. The van der Waals surface area contributed by atoms with Crippen molar-refractivity contribution in [2.75, 3.05) is 11.9 Å². The highest BCUT2D eigenvalue weighted by molar-refractivity contribution is 7.89. The molecule has 1 heterocycles. The van der Waals surface area contributed by atoms with Gasteiger partial charge in [-0.3, -0.25) is 4.79 Å². The smallest absolute Gasteiger partial charge is 0.240 e. The average Bonchev–Trinajstić information content (AvgIpc) is 2.75. The van der Waals surface area contributed by atoms with Crippen LogP contribution in [0, 0.1) is 5.82 Å². The van der Waals surface area contributed by atoms with Crippen LogP contribution in [0.1, 0.15) is 25.0 Å². The molecule has 0 radical (unpaired) electrons. The van der Waals surface area contributed by atoms with Crippen molar-refractivity contribution in [1.82, 2.24) is 4.72 Å². The summed E-state index contributed by atoms with van der Waals surface area (Å²) in [5, 5.41) is 0. The summed E-state index contributed by atoms with van der Waals surface area (Å²) in [5.74, 6) is -0.447. The Morgan fingerprint density at radius 3 is 2.40 bits per heavy atom. The third-order valence-corrected chi connectivity index (χ3v) is 5.93. The van der Waals surface area contributed by atoms with Gasteiger partial charge in [-0.2, -0.15) is 0 Å². The van der Waals surface area contributed by atoms with Crippen LogP contribution in [0.15, 0.2) is 47.4 Å². The Labute approximate surface area is 146 Å². The molecule has 1 amide bonds. The molecule has 0 unspecified atom stereocenters. The van der Waals surface area contributed by atoms with Crippen LogP contribution in [0.4, 0.5) is 10.1 Å². The van der Waals surface area contributed by atoms with E-state index in [2.05, 4.69) is 4.72 Å². The van der Waals surface area contributed by atoms with Gasteiger partial charge < -0.3 is 4.90 Å². The van der Waals surface area contributed by atoms with E-state index in [1.807, 2.05) is 0 Å². The fraction of sp³-hybridized carbons (Fsp3) is 0.278. The molecule has 0 aliphatic carbocycles. The van der Waals surface area contributed by atoms with E-state index in [0.29, 0.717) is 16.8 Å². The van der Waals surface area contributed by atoms with Crippen molar-refractivity contribution < 1.29 is 17.6 Å². The second kappa shape index (κ2) is 5.93. The lowest BCUT2D eigenvalue weighted by molar-refractivity contribution is -0.121. The van der Waals surface area contributed by atoms with Gasteiger partial charge in [0.1, 0.15) is 5.82 Å². The minimum Gasteiger partial charge on any atom is -0.314 e. The van der Waals surface area contributed by atoms with Crippen molar-refractivity contribution in [3.8, 4) is 0 Å². The number of amides is 1. The fourth-order valence-corrected chi connectivity index (χ4v) is 4.03. The number of carbonyl (C=O) groups is 1. The SMILES string of the molecule is CN1C(=O)C(C)(C)c2cc(S(=O)(=O)NCc3ccc(F)cc3)ccc21. The summed E-state index contributed by atoms with van der Waals surface area (Å²) in [6.45, 7) is 3.61. The van der Waals surface area contributed by atoms with Crippen LogP contribution < -0.4 is 9.62 Å². The van der Waals surface area contributed by atoms with Gasteiger partial charge in [-0.05, 0) is 55.3 Å². The van der Waals surface area contributed by atoms with Gasteiger partial charge in [0.25, 0.3) is 0 Å². The minimum atomic E-state index is -3.75. The average molecular weight is 362 g/mol. The molecule has 0 saturated heterocycles. The highest BCUT2D eigenvalue weighted by Gasteiger charge is 2.42. The quantitative estimate of drug-likeness (QED) is 0.909. The van der Waals surface area contributed by atoms with Crippen LogP contribution in [-0.4, -0.2) is 21.4 Å². The largest absolute Gasteiger partial charge is 0.314 e. The first kappa shape index (κ1) is 17.6. The van der Waals surface area contributed by atoms with E-state index in [1.165, 1.54) is 35.2 Å². The molecule has 0 aromatic heterocycles. The van der Waals surface area contributed by atoms with Crippen molar-refractivity contribution in [2.45, 2.75) is 30.7 Å². The normalized spacial score (nSPS) is 16.2. The second-order valence-corrected chi connectivity index (χ2v) is 8.39. The molecule has 0 saturated carbocycles. The van der Waals surface area contributed by atoms with Crippen LogP contribution in [0.25, 0.3) is 0 Å². The number of anilines is 1. The number of sulfonamides is 1. The third-order valence-electron chi connectivity index (χ3n) is 4.53. The van der Waals surface area contributed by atoms with Crippen molar-refractivity contribution in [3.63, 3.8) is 0 Å². The summed E-state index contributed by atoms with van der Waals surface area (Å²) in [6, 6.07) is 10.3. The molecule has 5 nitrogen and oxygen atoms in total. The monoisotopic (exact) mass is 362 g/mol. The zero-order valence-electron chi connectivity index (χ0n) is 14.2. The van der Waals surface area contributed by atoms with E-state index >= 15 is 0 Å². The van der Waals surface area contributed by atoms with Crippen LogP contribution in [0.2, 0.25) is 0 Å². The Bertz CT molecular complexity index is 937. The maximum atomic E-state index is 12.9. The summed E-state index contributed by atoms with van der Waals surface area (Å²) in [4.78, 5) is 14.0. The van der Waals surface area contributed by atoms with E-state index < -0.39 is 15.4 Å². The van der Waals surface area contributed by atoms with Gasteiger partial charge >= 0.3 is 0 Å². The van der Waals surface area contributed by atoms with Crippen LogP contribution in [-0.2, 0) is 26.8 Å². The number of benzene rings is 2. The van der Waals surface area contributed by atoms with Crippen LogP contribution >= 0.6 is 0 Å². The van der Waals surface area contributed by atoms with Crippen molar-refractivity contribution in [1.29, 1.82) is 0 Å². The lowest BCUT2D eigenvalue weighted by Crippen LogP contribution is -2.33. The first-order valence-electron chi connectivity index (χ1n) is 7.80. The molecule has 0 fully saturated rings. The second-order valence-electron chi connectivity index (χ2n) is 6.62. The first-order chi connectivity index (χ1) is 11.6. The summed E-state index contributed by atoms with van der Waals surface area (Å²) in [6.07, 6.45) is 0. The standard InChI is InChI=1S/C18H19FN2O3S/c1-18(2)15-10-14(8-9-16(15)21(3)17(18)22)25(23,24)20-11-12-4-6-13(19)7-5-12/h4-10,20H,11H2,1-3H3. The van der Waals surface area contributed by atoms with Gasteiger partial charge in [0, 0.05) is 19.3 Å². The highest BCUT2D eigenvalue weighted by atomic mass is 32.2. The number of nitrogens with one attached hydrogen (secondary N) is 1. The van der Waals surface area contributed by atoms with E-state index in [1.54, 1.807) is 33.0 Å². The van der Waals surface area contributed by atoms with Crippen molar-refractivity contribution in [3.05, 3.63) is 59.4 Å². The van der Waals surface area contributed by atoms with Crippen molar-refractivity contribution in [2.24, 2.45) is 0 Å². The van der Waals surface area contributed by atoms with Crippen LogP contribution in [0.5, 0.6) is 0 Å². The molecular formula is C18H19FN2O3S. The molecule has 0 bridgehead atoms. The molecular weight excluding hydrogens is 343 g/mol. The number of rotatable bonds is 4. The Kier molecular flexibility index (Phi) is 4.17. The van der Waals surface area contributed by atoms with Gasteiger partial charge in [-0.25, -0.2) is 17.5 Å². The summed E-state index contributed by atoms with van der Waals surface area (Å²) < 4.78 is 40.5. The molecule has 25 heavy (non-hydrogen) atoms. The lowest BCUT2D eigenvalue weighted by atomic mass is 9.86. The molecule has 1 aliphatic heterocycles. The van der Waals surface area contributed by atoms with Gasteiger partial charge in [0.2, 0.25) is 15.9 Å². The van der Waals surface area contributed by atoms with E-state index in [4.69, 9.17) is 0 Å². The molecule has 7 heteroatoms. The number of fused-ring (bicyclic) bond motifs is 1. The lowest BCUT2D eigenvalue weighted by Gasteiger charge is -2.16. The molecule has 0 atom stereocenters. The minimum absolute atomic E-state index is 0.0575. The topological polar surface area (TPSA) is 66.5 Å². The number of hydrogen-bond donors (Lipinski definition) is 1. The summed E-state index contributed by atoms with van der Waals surface area (Å²) in [5.41, 5.74) is 1.28. The first-order valence-corrected chi connectivity index (χ1v) is 9.28. The maximum absolute atomic E-state index is 12.9. The number of nitrogens with zero attached hydrogens (tertiary/aromatic N) is 1. The van der Waals surface area contributed by atoms with Gasteiger partial charge in [-0.15, -0.1) is 0 Å². The molecule has 1 aliphatic rings. The Balaban J connectivity index is 1.88. The van der Waals surface area contributed by atoms with Gasteiger partial charge in [-0.1, -0.05) is 12.1 Å². The Morgan fingerprint density at radius 2 is 1.76 bits per heavy atom. The highest BCUT2D eigenvalue weighted by Crippen LogP contribution is 2.41.